The van der Waals surface area contributed by atoms with Gasteiger partial charge in [0.05, 0.1) is 12.2 Å². The molecule has 1 aromatic carbocycles. The van der Waals surface area contributed by atoms with Gasteiger partial charge < -0.3 is 10.2 Å². The topological polar surface area (TPSA) is 50.2 Å². The van der Waals surface area contributed by atoms with E-state index < -0.39 is 0 Å². The first-order valence-electron chi connectivity index (χ1n) is 6.87. The van der Waals surface area contributed by atoms with Crippen molar-refractivity contribution in [3.05, 3.63) is 47.4 Å². The van der Waals surface area contributed by atoms with Crippen LogP contribution in [0.4, 0.5) is 10.2 Å². The molecule has 1 aliphatic rings. The van der Waals surface area contributed by atoms with Gasteiger partial charge in [-0.2, -0.15) is 5.10 Å². The number of anilines is 1. The number of carbonyl (C=O) groups is 1. The molecule has 0 bridgehead atoms. The molecular formula is C15H17FN4O. The number of carbonyl (C=O) groups excluding carboxylic acids is 1. The van der Waals surface area contributed by atoms with E-state index in [2.05, 4.69) is 10.4 Å². The van der Waals surface area contributed by atoms with Gasteiger partial charge in [-0.05, 0) is 12.5 Å². The molecule has 5 nitrogen and oxygen atoms in total. The summed E-state index contributed by atoms with van der Waals surface area (Å²) in [5, 5.41) is 7.50. The summed E-state index contributed by atoms with van der Waals surface area (Å²) in [5.74, 6) is 0.303. The summed E-state index contributed by atoms with van der Waals surface area (Å²) in [4.78, 5) is 13.7. The highest BCUT2D eigenvalue weighted by molar-refractivity contribution is 5.98. The first kappa shape index (κ1) is 13.6. The van der Waals surface area contributed by atoms with Crippen LogP contribution in [0.15, 0.2) is 30.5 Å². The minimum atomic E-state index is -0.244. The number of nitrogens with one attached hydrogen (secondary N) is 1. The Kier molecular flexibility index (Phi) is 3.37. The number of halogens is 1. The lowest BCUT2D eigenvalue weighted by molar-refractivity contribution is 0.0828. The number of benzene rings is 1. The van der Waals surface area contributed by atoms with Gasteiger partial charge >= 0.3 is 0 Å². The molecule has 0 saturated heterocycles. The van der Waals surface area contributed by atoms with Crippen molar-refractivity contribution in [2.45, 2.75) is 12.5 Å². The molecule has 110 valence electrons. The number of fused-ring (bicyclic) bond motifs is 1. The van der Waals surface area contributed by atoms with Crippen molar-refractivity contribution in [2.24, 2.45) is 0 Å². The van der Waals surface area contributed by atoms with Crippen molar-refractivity contribution in [1.82, 2.24) is 14.7 Å². The number of hydrogen-bond acceptors (Lipinski definition) is 3. The van der Waals surface area contributed by atoms with E-state index >= 15 is 0 Å². The van der Waals surface area contributed by atoms with Crippen LogP contribution in [0.5, 0.6) is 0 Å². The molecule has 0 saturated carbocycles. The molecular weight excluding hydrogens is 271 g/mol. The SMILES string of the molecule is CN(C)C(=O)c1cnn2c1NCCC2c1ccccc1F. The summed E-state index contributed by atoms with van der Waals surface area (Å²) in [6, 6.07) is 6.52. The van der Waals surface area contributed by atoms with E-state index in [-0.39, 0.29) is 17.8 Å². The largest absolute Gasteiger partial charge is 0.369 e. The Balaban J connectivity index is 2.04. The molecule has 3 rings (SSSR count). The van der Waals surface area contributed by atoms with Crippen LogP contribution >= 0.6 is 0 Å². The summed E-state index contributed by atoms with van der Waals surface area (Å²) in [5.41, 5.74) is 1.12. The number of rotatable bonds is 2. The Bertz CT molecular complexity index is 680. The van der Waals surface area contributed by atoms with E-state index in [0.717, 1.165) is 6.42 Å². The van der Waals surface area contributed by atoms with Crippen LogP contribution in [0.25, 0.3) is 0 Å². The average Bonchev–Trinajstić information content (AvgIpc) is 2.91. The summed E-state index contributed by atoms with van der Waals surface area (Å²) < 4.78 is 15.7. The Morgan fingerprint density at radius 2 is 2.19 bits per heavy atom. The normalized spacial score (nSPS) is 17.0. The van der Waals surface area contributed by atoms with Crippen LogP contribution in [0.2, 0.25) is 0 Å². The van der Waals surface area contributed by atoms with E-state index in [9.17, 15) is 9.18 Å². The van der Waals surface area contributed by atoms with Crippen molar-refractivity contribution in [3.63, 3.8) is 0 Å². The predicted molar refractivity (Wildman–Crippen MR) is 77.9 cm³/mol. The minimum Gasteiger partial charge on any atom is -0.369 e. The van der Waals surface area contributed by atoms with Gasteiger partial charge in [-0.3, -0.25) is 4.79 Å². The van der Waals surface area contributed by atoms with Crippen LogP contribution < -0.4 is 5.32 Å². The number of aromatic nitrogens is 2. The summed E-state index contributed by atoms with van der Waals surface area (Å²) >= 11 is 0. The maximum Gasteiger partial charge on any atom is 0.258 e. The van der Waals surface area contributed by atoms with Gasteiger partial charge in [0.15, 0.2) is 0 Å². The second kappa shape index (κ2) is 5.20. The third-order valence-electron chi connectivity index (χ3n) is 3.70. The van der Waals surface area contributed by atoms with E-state index in [4.69, 9.17) is 0 Å². The van der Waals surface area contributed by atoms with E-state index in [0.29, 0.717) is 23.5 Å². The molecule has 1 atom stereocenters. The fourth-order valence-corrected chi connectivity index (χ4v) is 2.65. The van der Waals surface area contributed by atoms with Crippen LogP contribution in [0.1, 0.15) is 28.4 Å². The third kappa shape index (κ3) is 2.26. The summed E-state index contributed by atoms with van der Waals surface area (Å²) in [6.45, 7) is 0.679. The molecule has 0 spiro atoms. The lowest BCUT2D eigenvalue weighted by atomic mass is 10.0. The maximum absolute atomic E-state index is 14.0. The van der Waals surface area contributed by atoms with Crippen molar-refractivity contribution in [3.8, 4) is 0 Å². The number of hydrogen-bond donors (Lipinski definition) is 1. The van der Waals surface area contributed by atoms with Crippen molar-refractivity contribution < 1.29 is 9.18 Å². The molecule has 21 heavy (non-hydrogen) atoms. The van der Waals surface area contributed by atoms with E-state index in [1.54, 1.807) is 37.1 Å². The van der Waals surface area contributed by atoms with Crippen LogP contribution in [0.3, 0.4) is 0 Å². The quantitative estimate of drug-likeness (QED) is 0.921. The Hall–Kier alpha value is -2.37. The third-order valence-corrected chi connectivity index (χ3v) is 3.70. The first-order valence-corrected chi connectivity index (χ1v) is 6.87. The van der Waals surface area contributed by atoms with Gasteiger partial charge in [0.1, 0.15) is 17.2 Å². The summed E-state index contributed by atoms with van der Waals surface area (Å²) in [6.07, 6.45) is 2.27. The summed E-state index contributed by atoms with van der Waals surface area (Å²) in [7, 11) is 3.40. The van der Waals surface area contributed by atoms with Crippen molar-refractivity contribution in [1.29, 1.82) is 0 Å². The molecule has 2 aromatic rings. The van der Waals surface area contributed by atoms with Crippen LogP contribution in [0, 0.1) is 5.82 Å². The zero-order valence-electron chi connectivity index (χ0n) is 12.0. The molecule has 0 radical (unpaired) electrons. The second-order valence-electron chi connectivity index (χ2n) is 5.30. The van der Waals surface area contributed by atoms with Gasteiger partial charge in [0.25, 0.3) is 5.91 Å². The molecule has 0 fully saturated rings. The first-order chi connectivity index (χ1) is 10.1. The fourth-order valence-electron chi connectivity index (χ4n) is 2.65. The van der Waals surface area contributed by atoms with Gasteiger partial charge in [-0.15, -0.1) is 0 Å². The Morgan fingerprint density at radius 1 is 1.43 bits per heavy atom. The number of nitrogens with zero attached hydrogens (tertiary/aromatic N) is 3. The Labute approximate surface area is 122 Å². The minimum absolute atomic E-state index is 0.113. The van der Waals surface area contributed by atoms with Gasteiger partial charge in [-0.25, -0.2) is 9.07 Å². The molecule has 0 aliphatic carbocycles. The van der Waals surface area contributed by atoms with E-state index in [1.807, 2.05) is 6.07 Å². The van der Waals surface area contributed by atoms with E-state index in [1.165, 1.54) is 11.0 Å². The lowest BCUT2D eigenvalue weighted by Crippen LogP contribution is -2.28. The molecule has 1 aromatic heterocycles. The van der Waals surface area contributed by atoms with Crippen molar-refractivity contribution in [2.75, 3.05) is 26.0 Å². The smallest absolute Gasteiger partial charge is 0.258 e. The predicted octanol–water partition coefficient (Wildman–Crippen LogP) is 2.13. The highest BCUT2D eigenvalue weighted by Gasteiger charge is 2.28. The highest BCUT2D eigenvalue weighted by Crippen LogP contribution is 2.32. The highest BCUT2D eigenvalue weighted by atomic mass is 19.1. The van der Waals surface area contributed by atoms with Crippen LogP contribution in [-0.4, -0.2) is 41.2 Å². The molecule has 1 N–H and O–H groups in total. The molecule has 2 heterocycles. The lowest BCUT2D eigenvalue weighted by Gasteiger charge is -2.27. The van der Waals surface area contributed by atoms with Crippen molar-refractivity contribution >= 4 is 11.7 Å². The zero-order valence-corrected chi connectivity index (χ0v) is 12.0. The zero-order chi connectivity index (χ0) is 15.0. The van der Waals surface area contributed by atoms with Gasteiger partial charge in [0.2, 0.25) is 0 Å². The average molecular weight is 288 g/mol. The monoisotopic (exact) mass is 288 g/mol. The fraction of sp³-hybridized carbons (Fsp3) is 0.333. The molecule has 1 aliphatic heterocycles. The second-order valence-corrected chi connectivity index (χ2v) is 5.30. The van der Waals surface area contributed by atoms with Crippen LogP contribution in [-0.2, 0) is 0 Å². The molecule has 6 heteroatoms. The number of amides is 1. The Morgan fingerprint density at radius 3 is 2.90 bits per heavy atom. The van der Waals surface area contributed by atoms with Gasteiger partial charge in [0, 0.05) is 26.2 Å². The molecule has 1 amide bonds. The maximum atomic E-state index is 14.0. The standard InChI is InChI=1S/C15H17FN4O/c1-19(2)15(21)11-9-18-20-13(7-8-17-14(11)20)10-5-3-4-6-12(10)16/h3-6,9,13,17H,7-8H2,1-2H3. The van der Waals surface area contributed by atoms with Gasteiger partial charge in [-0.1, -0.05) is 18.2 Å². The molecule has 1 unspecified atom stereocenters.